The number of hydrogen-bond acceptors (Lipinski definition) is 3. The summed E-state index contributed by atoms with van der Waals surface area (Å²) in [5.74, 6) is 0.627. The molecule has 0 saturated carbocycles. The third kappa shape index (κ3) is 4.39. The van der Waals surface area contributed by atoms with Gasteiger partial charge in [-0.25, -0.2) is 9.97 Å². The largest absolute Gasteiger partial charge is 0.236 e. The maximum Gasteiger partial charge on any atom is 0.160 e. The summed E-state index contributed by atoms with van der Waals surface area (Å²) in [6, 6.07) is 12.0. The highest BCUT2D eigenvalue weighted by Gasteiger charge is 2.08. The quantitative estimate of drug-likeness (QED) is 0.700. The lowest BCUT2D eigenvalue weighted by molar-refractivity contribution is 0.630. The first kappa shape index (κ1) is 15.2. The minimum absolute atomic E-state index is 0.513. The van der Waals surface area contributed by atoms with Crippen molar-refractivity contribution < 1.29 is 0 Å². The Morgan fingerprint density at radius 3 is 2.52 bits per heavy atom. The summed E-state index contributed by atoms with van der Waals surface area (Å²) in [5.41, 5.74) is 2.43. The normalized spacial score (nSPS) is 10.3. The van der Waals surface area contributed by atoms with Gasteiger partial charge in [0.05, 0.1) is 0 Å². The number of benzene rings is 1. The van der Waals surface area contributed by atoms with E-state index in [1.165, 1.54) is 25.7 Å². The van der Waals surface area contributed by atoms with E-state index >= 15 is 0 Å². The number of aromatic nitrogens is 2. The highest BCUT2D eigenvalue weighted by molar-refractivity contribution is 5.55. The van der Waals surface area contributed by atoms with Crippen molar-refractivity contribution in [3.8, 4) is 17.5 Å². The van der Waals surface area contributed by atoms with E-state index < -0.39 is 0 Å². The standard InChI is InChI=1S/C18H21N3/c1-2-3-4-5-7-12-16-14-20-18(21-17(16)13-19)15-10-8-6-9-11-15/h6,8-11,14H,2-5,7,12H2,1H3. The summed E-state index contributed by atoms with van der Waals surface area (Å²) in [7, 11) is 0. The number of rotatable bonds is 7. The molecule has 108 valence electrons. The van der Waals surface area contributed by atoms with Gasteiger partial charge in [0.2, 0.25) is 0 Å². The number of nitriles is 1. The average Bonchev–Trinajstić information content (AvgIpc) is 2.55. The van der Waals surface area contributed by atoms with Crippen LogP contribution in [0.15, 0.2) is 36.5 Å². The number of nitrogens with zero attached hydrogens (tertiary/aromatic N) is 3. The minimum Gasteiger partial charge on any atom is -0.236 e. The van der Waals surface area contributed by atoms with Gasteiger partial charge in [0.15, 0.2) is 5.82 Å². The summed E-state index contributed by atoms with van der Waals surface area (Å²) in [6.45, 7) is 2.21. The van der Waals surface area contributed by atoms with Crippen molar-refractivity contribution in [1.82, 2.24) is 9.97 Å². The molecule has 0 spiro atoms. The van der Waals surface area contributed by atoms with Gasteiger partial charge >= 0.3 is 0 Å². The van der Waals surface area contributed by atoms with Gasteiger partial charge < -0.3 is 0 Å². The smallest absolute Gasteiger partial charge is 0.160 e. The van der Waals surface area contributed by atoms with Crippen molar-refractivity contribution in [2.75, 3.05) is 0 Å². The summed E-state index contributed by atoms with van der Waals surface area (Å²) in [4.78, 5) is 8.81. The van der Waals surface area contributed by atoms with E-state index in [9.17, 15) is 5.26 Å². The highest BCUT2D eigenvalue weighted by atomic mass is 14.9. The van der Waals surface area contributed by atoms with Crippen molar-refractivity contribution in [1.29, 1.82) is 5.26 Å². The Balaban J connectivity index is 2.05. The lowest BCUT2D eigenvalue weighted by atomic mass is 10.1. The van der Waals surface area contributed by atoms with Crippen LogP contribution in [0.4, 0.5) is 0 Å². The molecule has 21 heavy (non-hydrogen) atoms. The van der Waals surface area contributed by atoms with E-state index in [2.05, 4.69) is 23.0 Å². The summed E-state index contributed by atoms with van der Waals surface area (Å²) >= 11 is 0. The van der Waals surface area contributed by atoms with E-state index in [-0.39, 0.29) is 0 Å². The Morgan fingerprint density at radius 1 is 1.05 bits per heavy atom. The van der Waals surface area contributed by atoms with Gasteiger partial charge in [0.1, 0.15) is 11.8 Å². The van der Waals surface area contributed by atoms with Crippen LogP contribution in [0.3, 0.4) is 0 Å². The Hall–Kier alpha value is -2.21. The van der Waals surface area contributed by atoms with Crippen molar-refractivity contribution in [2.45, 2.75) is 45.4 Å². The van der Waals surface area contributed by atoms with E-state index in [1.54, 1.807) is 0 Å². The highest BCUT2D eigenvalue weighted by Crippen LogP contribution is 2.17. The van der Waals surface area contributed by atoms with Gasteiger partial charge in [-0.15, -0.1) is 0 Å². The summed E-state index contributed by atoms with van der Waals surface area (Å²) in [6.07, 6.45) is 8.81. The number of unbranched alkanes of at least 4 members (excludes halogenated alkanes) is 4. The first-order valence-electron chi connectivity index (χ1n) is 7.66. The zero-order chi connectivity index (χ0) is 14.9. The molecule has 0 aliphatic heterocycles. The SMILES string of the molecule is CCCCCCCc1cnc(-c2ccccc2)nc1C#N. The van der Waals surface area contributed by atoms with Crippen LogP contribution in [-0.4, -0.2) is 9.97 Å². The molecule has 0 fully saturated rings. The Kier molecular flexibility index (Phi) is 5.90. The van der Waals surface area contributed by atoms with Gasteiger partial charge in [-0.05, 0) is 12.8 Å². The summed E-state index contributed by atoms with van der Waals surface area (Å²) < 4.78 is 0. The average molecular weight is 279 g/mol. The van der Waals surface area contributed by atoms with Crippen molar-refractivity contribution >= 4 is 0 Å². The monoisotopic (exact) mass is 279 g/mol. The topological polar surface area (TPSA) is 49.6 Å². The predicted molar refractivity (Wildman–Crippen MR) is 84.6 cm³/mol. The van der Waals surface area contributed by atoms with Gasteiger partial charge in [0, 0.05) is 17.3 Å². The summed E-state index contributed by atoms with van der Waals surface area (Å²) in [5, 5.41) is 9.29. The molecule has 0 aliphatic carbocycles. The van der Waals surface area contributed by atoms with Gasteiger partial charge in [0.25, 0.3) is 0 Å². The molecule has 3 nitrogen and oxygen atoms in total. The van der Waals surface area contributed by atoms with Crippen LogP contribution in [0.2, 0.25) is 0 Å². The predicted octanol–water partition coefficient (Wildman–Crippen LogP) is 4.53. The van der Waals surface area contributed by atoms with Crippen molar-refractivity contribution in [2.24, 2.45) is 0 Å². The van der Waals surface area contributed by atoms with Crippen LogP contribution in [0.25, 0.3) is 11.4 Å². The second-order valence-electron chi connectivity index (χ2n) is 5.21. The van der Waals surface area contributed by atoms with Crippen molar-refractivity contribution in [3.63, 3.8) is 0 Å². The molecule has 2 rings (SSSR count). The molecule has 2 aromatic rings. The minimum atomic E-state index is 0.513. The van der Waals surface area contributed by atoms with Crippen LogP contribution in [-0.2, 0) is 6.42 Å². The third-order valence-corrected chi connectivity index (χ3v) is 3.55. The van der Waals surface area contributed by atoms with Gasteiger partial charge in [-0.2, -0.15) is 5.26 Å². The molecule has 0 radical (unpaired) electrons. The Labute approximate surface area is 126 Å². The molecule has 3 heteroatoms. The molecule has 0 saturated heterocycles. The fraction of sp³-hybridized carbons (Fsp3) is 0.389. The van der Waals surface area contributed by atoms with E-state index in [0.717, 1.165) is 24.0 Å². The second-order valence-corrected chi connectivity index (χ2v) is 5.21. The third-order valence-electron chi connectivity index (χ3n) is 3.55. The molecule has 0 atom stereocenters. The van der Waals surface area contributed by atoms with E-state index in [4.69, 9.17) is 0 Å². The fourth-order valence-corrected chi connectivity index (χ4v) is 2.33. The maximum atomic E-state index is 9.29. The van der Waals surface area contributed by atoms with Crippen LogP contribution >= 0.6 is 0 Å². The zero-order valence-electron chi connectivity index (χ0n) is 12.5. The van der Waals surface area contributed by atoms with E-state index in [1.807, 2.05) is 36.5 Å². The maximum absolute atomic E-state index is 9.29. The van der Waals surface area contributed by atoms with Crippen LogP contribution < -0.4 is 0 Å². The van der Waals surface area contributed by atoms with E-state index in [0.29, 0.717) is 11.5 Å². The van der Waals surface area contributed by atoms with Gasteiger partial charge in [-0.3, -0.25) is 0 Å². The molecule has 0 bridgehead atoms. The molecule has 0 N–H and O–H groups in total. The Morgan fingerprint density at radius 2 is 1.81 bits per heavy atom. The number of aryl methyl sites for hydroxylation is 1. The molecule has 0 aliphatic rings. The van der Waals surface area contributed by atoms with Crippen LogP contribution in [0.1, 0.15) is 50.3 Å². The lowest BCUT2D eigenvalue weighted by Gasteiger charge is -2.05. The molecule has 0 unspecified atom stereocenters. The first-order chi connectivity index (χ1) is 10.3. The molecule has 1 heterocycles. The van der Waals surface area contributed by atoms with Gasteiger partial charge in [-0.1, -0.05) is 62.9 Å². The lowest BCUT2D eigenvalue weighted by Crippen LogP contribution is -1.99. The second kappa shape index (κ2) is 8.16. The van der Waals surface area contributed by atoms with Crippen molar-refractivity contribution in [3.05, 3.63) is 47.8 Å². The Bertz CT molecular complexity index is 600. The molecule has 0 amide bonds. The molecular weight excluding hydrogens is 258 g/mol. The molecular formula is C18H21N3. The van der Waals surface area contributed by atoms with Crippen LogP contribution in [0, 0.1) is 11.3 Å². The zero-order valence-corrected chi connectivity index (χ0v) is 12.5. The number of hydrogen-bond donors (Lipinski definition) is 0. The fourth-order valence-electron chi connectivity index (χ4n) is 2.33. The van der Waals surface area contributed by atoms with Crippen LogP contribution in [0.5, 0.6) is 0 Å². The molecule has 1 aromatic heterocycles. The first-order valence-corrected chi connectivity index (χ1v) is 7.66. The molecule has 1 aromatic carbocycles.